The van der Waals surface area contributed by atoms with Gasteiger partial charge in [-0.25, -0.2) is 8.42 Å². The van der Waals surface area contributed by atoms with E-state index in [1.807, 2.05) is 31.2 Å². The van der Waals surface area contributed by atoms with Crippen LogP contribution >= 0.6 is 0 Å². The molecular weight excluding hydrogens is 380 g/mol. The van der Waals surface area contributed by atoms with Gasteiger partial charge in [-0.1, -0.05) is 18.2 Å². The maximum Gasteiger partial charge on any atom is 0.249 e. The highest BCUT2D eigenvalue weighted by Gasteiger charge is 2.35. The number of aromatic nitrogens is 3. The summed E-state index contributed by atoms with van der Waals surface area (Å²) in [6, 6.07) is 7.73. The van der Waals surface area contributed by atoms with Crippen molar-refractivity contribution in [3.05, 3.63) is 36.2 Å². The molecule has 8 nitrogen and oxygen atoms in total. The number of sulfone groups is 1. The molecule has 1 aliphatic rings. The van der Waals surface area contributed by atoms with Crippen LogP contribution in [0.1, 0.15) is 31.7 Å². The van der Waals surface area contributed by atoms with Crippen molar-refractivity contribution in [1.29, 1.82) is 0 Å². The molecule has 152 valence electrons. The number of likely N-dealkylation sites (tertiary alicyclic amines) is 1. The van der Waals surface area contributed by atoms with Crippen molar-refractivity contribution in [1.82, 2.24) is 19.7 Å². The van der Waals surface area contributed by atoms with Gasteiger partial charge in [-0.05, 0) is 37.8 Å². The number of hydrogen-bond acceptors (Lipinski definition) is 6. The van der Waals surface area contributed by atoms with E-state index in [2.05, 4.69) is 10.2 Å². The van der Waals surface area contributed by atoms with E-state index in [0.29, 0.717) is 45.4 Å². The number of hydrogen-bond donors (Lipinski definition) is 0. The van der Waals surface area contributed by atoms with E-state index in [4.69, 9.17) is 4.74 Å². The third kappa shape index (κ3) is 4.35. The second kappa shape index (κ2) is 8.72. The zero-order chi connectivity index (χ0) is 20.1. The zero-order valence-electron chi connectivity index (χ0n) is 16.2. The molecule has 1 aliphatic heterocycles. The summed E-state index contributed by atoms with van der Waals surface area (Å²) in [6.07, 6.45) is 3.19. The average molecular weight is 407 g/mol. The Balaban J connectivity index is 1.55. The number of benzene rings is 1. The molecule has 0 bridgehead atoms. The fourth-order valence-corrected chi connectivity index (χ4v) is 5.24. The molecule has 9 heteroatoms. The highest BCUT2D eigenvalue weighted by molar-refractivity contribution is 7.91. The molecule has 1 fully saturated rings. The fraction of sp³-hybridized carbons (Fsp3) is 0.526. The number of amides is 1. The average Bonchev–Trinajstić information content (AvgIpc) is 3.14. The number of piperidine rings is 1. The first-order chi connectivity index (χ1) is 13.4. The number of para-hydroxylation sites is 1. The Labute approximate surface area is 165 Å². The van der Waals surface area contributed by atoms with E-state index in [-0.39, 0.29) is 11.1 Å². The Morgan fingerprint density at radius 2 is 1.96 bits per heavy atom. The van der Waals surface area contributed by atoms with Gasteiger partial charge in [0, 0.05) is 26.6 Å². The minimum atomic E-state index is -3.53. The molecule has 1 amide bonds. The van der Waals surface area contributed by atoms with Crippen LogP contribution in [0.5, 0.6) is 5.75 Å². The maximum absolute atomic E-state index is 12.7. The molecule has 0 unspecified atom stereocenters. The summed E-state index contributed by atoms with van der Waals surface area (Å²) >= 11 is 0. The Hall–Kier alpha value is -2.42. The molecule has 0 N–H and O–H groups in total. The Morgan fingerprint density at radius 1 is 1.25 bits per heavy atom. The van der Waals surface area contributed by atoms with Crippen LogP contribution in [0.15, 0.2) is 35.7 Å². The molecule has 0 radical (unpaired) electrons. The third-order valence-electron chi connectivity index (χ3n) is 5.04. The number of carbonyl (C=O) groups is 1. The molecular formula is C19H26N4O4S. The van der Waals surface area contributed by atoms with Crippen LogP contribution in [0.4, 0.5) is 0 Å². The summed E-state index contributed by atoms with van der Waals surface area (Å²) in [4.78, 5) is 14.3. The lowest BCUT2D eigenvalue weighted by Crippen LogP contribution is -2.43. The second-order valence-corrected chi connectivity index (χ2v) is 9.01. The minimum Gasteiger partial charge on any atom is -0.494 e. The van der Waals surface area contributed by atoms with Gasteiger partial charge in [0.15, 0.2) is 0 Å². The Kier molecular flexibility index (Phi) is 6.33. The largest absolute Gasteiger partial charge is 0.494 e. The van der Waals surface area contributed by atoms with E-state index >= 15 is 0 Å². The molecule has 1 saturated heterocycles. The van der Waals surface area contributed by atoms with E-state index in [1.165, 1.54) is 10.9 Å². The van der Waals surface area contributed by atoms with Crippen LogP contribution in [-0.2, 0) is 28.1 Å². The second-order valence-electron chi connectivity index (χ2n) is 6.89. The van der Waals surface area contributed by atoms with Crippen molar-refractivity contribution in [2.45, 2.75) is 43.0 Å². The van der Waals surface area contributed by atoms with Gasteiger partial charge in [-0.15, -0.1) is 10.2 Å². The number of carbonyl (C=O) groups excluding carboxylic acids is 1. The Bertz CT molecular complexity index is 918. The molecule has 28 heavy (non-hydrogen) atoms. The predicted molar refractivity (Wildman–Crippen MR) is 104 cm³/mol. The van der Waals surface area contributed by atoms with Gasteiger partial charge in [-0.3, -0.25) is 4.79 Å². The lowest BCUT2D eigenvalue weighted by Gasteiger charge is -2.31. The van der Waals surface area contributed by atoms with Gasteiger partial charge in [0.05, 0.1) is 11.9 Å². The van der Waals surface area contributed by atoms with Crippen LogP contribution in [0, 0.1) is 0 Å². The maximum atomic E-state index is 12.7. The SMILES string of the molecule is CCOc1ccccc1CCC(=O)N1CCC(S(=O)(=O)c2nncn2C)CC1. The molecule has 1 aromatic carbocycles. The molecule has 0 atom stereocenters. The summed E-state index contributed by atoms with van der Waals surface area (Å²) in [5.74, 6) is 0.854. The molecule has 1 aromatic heterocycles. The lowest BCUT2D eigenvalue weighted by atomic mass is 10.1. The van der Waals surface area contributed by atoms with Crippen molar-refractivity contribution in [3.63, 3.8) is 0 Å². The summed E-state index contributed by atoms with van der Waals surface area (Å²) in [5, 5.41) is 6.86. The van der Waals surface area contributed by atoms with E-state index in [1.54, 1.807) is 11.9 Å². The van der Waals surface area contributed by atoms with Crippen molar-refractivity contribution < 1.29 is 17.9 Å². The number of ether oxygens (including phenoxy) is 1. The van der Waals surface area contributed by atoms with Gasteiger partial charge in [0.1, 0.15) is 12.1 Å². The molecule has 0 spiro atoms. The predicted octanol–water partition coefficient (Wildman–Crippen LogP) is 1.61. The molecule has 2 heterocycles. The number of nitrogens with zero attached hydrogens (tertiary/aromatic N) is 4. The van der Waals surface area contributed by atoms with Crippen LogP contribution in [-0.4, -0.2) is 58.9 Å². The highest BCUT2D eigenvalue weighted by atomic mass is 32.2. The number of rotatable bonds is 7. The first-order valence-electron chi connectivity index (χ1n) is 9.50. The smallest absolute Gasteiger partial charge is 0.249 e. The molecule has 0 saturated carbocycles. The van der Waals surface area contributed by atoms with Crippen molar-refractivity contribution in [3.8, 4) is 5.75 Å². The third-order valence-corrected chi connectivity index (χ3v) is 7.27. The van der Waals surface area contributed by atoms with E-state index in [0.717, 1.165) is 11.3 Å². The van der Waals surface area contributed by atoms with E-state index in [9.17, 15) is 13.2 Å². The Morgan fingerprint density at radius 3 is 2.61 bits per heavy atom. The number of aryl methyl sites for hydroxylation is 2. The van der Waals surface area contributed by atoms with Crippen molar-refractivity contribution in [2.75, 3.05) is 19.7 Å². The van der Waals surface area contributed by atoms with Gasteiger partial charge in [0.25, 0.3) is 0 Å². The van der Waals surface area contributed by atoms with Gasteiger partial charge in [-0.2, -0.15) is 0 Å². The standard InChI is InChI=1S/C19H26N4O4S/c1-3-27-17-7-5-4-6-15(17)8-9-18(24)23-12-10-16(11-13-23)28(25,26)19-21-20-14-22(19)2/h4-7,14,16H,3,8-13H2,1-2H3. The molecule has 2 aromatic rings. The highest BCUT2D eigenvalue weighted by Crippen LogP contribution is 2.24. The van der Waals surface area contributed by atoms with Crippen molar-refractivity contribution in [2.24, 2.45) is 7.05 Å². The first-order valence-corrected chi connectivity index (χ1v) is 11.0. The van der Waals surface area contributed by atoms with Crippen LogP contribution < -0.4 is 4.74 Å². The van der Waals surface area contributed by atoms with Gasteiger partial charge >= 0.3 is 0 Å². The van der Waals surface area contributed by atoms with Crippen molar-refractivity contribution >= 4 is 15.7 Å². The lowest BCUT2D eigenvalue weighted by molar-refractivity contribution is -0.132. The van der Waals surface area contributed by atoms with Gasteiger partial charge in [0.2, 0.25) is 20.9 Å². The summed E-state index contributed by atoms with van der Waals surface area (Å²) in [7, 11) is -1.91. The minimum absolute atomic E-state index is 0.00944. The topological polar surface area (TPSA) is 94.4 Å². The fourth-order valence-electron chi connectivity index (χ4n) is 3.50. The van der Waals surface area contributed by atoms with E-state index < -0.39 is 15.1 Å². The quantitative estimate of drug-likeness (QED) is 0.693. The van der Waals surface area contributed by atoms with Crippen LogP contribution in [0.2, 0.25) is 0 Å². The summed E-state index contributed by atoms with van der Waals surface area (Å²) < 4.78 is 32.5. The normalized spacial score (nSPS) is 15.6. The van der Waals surface area contributed by atoms with Gasteiger partial charge < -0.3 is 14.2 Å². The van der Waals surface area contributed by atoms with Crippen LogP contribution in [0.25, 0.3) is 0 Å². The molecule has 3 rings (SSSR count). The monoisotopic (exact) mass is 406 g/mol. The first kappa shape index (κ1) is 20.3. The summed E-state index contributed by atoms with van der Waals surface area (Å²) in [5.41, 5.74) is 1.01. The van der Waals surface area contributed by atoms with Crippen LogP contribution in [0.3, 0.4) is 0 Å². The summed E-state index contributed by atoms with van der Waals surface area (Å²) in [6.45, 7) is 3.39. The zero-order valence-corrected chi connectivity index (χ0v) is 17.1. The molecule has 0 aliphatic carbocycles.